The van der Waals surface area contributed by atoms with Crippen molar-refractivity contribution in [3.05, 3.63) is 70.8 Å². The summed E-state index contributed by atoms with van der Waals surface area (Å²) in [6, 6.07) is 17.3. The minimum atomic E-state index is 0.138. The predicted molar refractivity (Wildman–Crippen MR) is 177 cm³/mol. The van der Waals surface area contributed by atoms with Gasteiger partial charge in [-0.05, 0) is 185 Å². The van der Waals surface area contributed by atoms with E-state index in [0.717, 1.165) is 58.5 Å². The maximum atomic E-state index is 7.06. The Kier molecular flexibility index (Phi) is 5.98. The molecule has 0 aromatic heterocycles. The van der Waals surface area contributed by atoms with Gasteiger partial charge in [0, 0.05) is 11.1 Å². The Balaban J connectivity index is 1.25. The van der Waals surface area contributed by atoms with Gasteiger partial charge in [0.25, 0.3) is 0 Å². The molecule has 4 heteroatoms. The second-order valence-electron chi connectivity index (χ2n) is 16.5. The fourth-order valence-electron chi connectivity index (χ4n) is 12.1. The summed E-state index contributed by atoms with van der Waals surface area (Å²) in [6.45, 7) is 4.24. The van der Waals surface area contributed by atoms with Gasteiger partial charge in [-0.3, -0.25) is 0 Å². The van der Waals surface area contributed by atoms with Crippen LogP contribution in [0.3, 0.4) is 0 Å². The first kappa shape index (κ1) is 27.2. The summed E-state index contributed by atoms with van der Waals surface area (Å²) in [5, 5.41) is 0. The number of hydrogen-bond donors (Lipinski definition) is 2. The van der Waals surface area contributed by atoms with E-state index in [1.54, 1.807) is 0 Å². The largest absolute Gasteiger partial charge is 0.455 e. The van der Waals surface area contributed by atoms with E-state index >= 15 is 0 Å². The topological polar surface area (TPSA) is 70.5 Å². The average Bonchev–Trinajstić information content (AvgIpc) is 2.96. The molecule has 0 heterocycles. The Hall–Kier alpha value is -3.14. The Morgan fingerprint density at radius 1 is 0.477 bits per heavy atom. The zero-order chi connectivity index (χ0) is 29.8. The first-order chi connectivity index (χ1) is 21.2. The molecule has 0 spiro atoms. The fraction of sp³-hybridized carbons (Fsp3) is 0.550. The summed E-state index contributed by atoms with van der Waals surface area (Å²) in [4.78, 5) is 0. The van der Waals surface area contributed by atoms with Gasteiger partial charge in [-0.2, -0.15) is 0 Å². The number of anilines is 2. The fourth-order valence-corrected chi connectivity index (χ4v) is 12.1. The summed E-state index contributed by atoms with van der Waals surface area (Å²) in [7, 11) is 0. The van der Waals surface area contributed by atoms with Crippen LogP contribution in [0.1, 0.15) is 99.3 Å². The lowest BCUT2D eigenvalue weighted by atomic mass is 9.47. The van der Waals surface area contributed by atoms with Gasteiger partial charge < -0.3 is 20.9 Å². The van der Waals surface area contributed by atoms with Crippen LogP contribution >= 0.6 is 0 Å². The molecular formula is C40H48N2O2. The van der Waals surface area contributed by atoms with Gasteiger partial charge in [0.05, 0.1) is 11.4 Å². The summed E-state index contributed by atoms with van der Waals surface area (Å²) in [6.07, 6.45) is 16.1. The van der Waals surface area contributed by atoms with Crippen LogP contribution in [0.5, 0.6) is 23.0 Å². The summed E-state index contributed by atoms with van der Waals surface area (Å²) in [5.41, 5.74) is 19.9. The van der Waals surface area contributed by atoms with Crippen LogP contribution in [-0.2, 0) is 10.8 Å². The molecule has 44 heavy (non-hydrogen) atoms. The lowest BCUT2D eigenvalue weighted by molar-refractivity contribution is -0.00823. The van der Waals surface area contributed by atoms with Crippen LogP contribution in [0, 0.1) is 49.4 Å². The summed E-state index contributed by atoms with van der Waals surface area (Å²) < 4.78 is 14.1. The second-order valence-corrected chi connectivity index (χ2v) is 16.5. The molecule has 8 aliphatic carbocycles. The lowest BCUT2D eigenvalue weighted by Gasteiger charge is -2.58. The van der Waals surface area contributed by atoms with Crippen molar-refractivity contribution in [3.63, 3.8) is 0 Å². The summed E-state index contributed by atoms with van der Waals surface area (Å²) >= 11 is 0. The predicted octanol–water partition coefficient (Wildman–Crippen LogP) is 9.99. The number of aryl methyl sites for hydroxylation is 2. The molecule has 4 nitrogen and oxygen atoms in total. The molecule has 0 atom stereocenters. The van der Waals surface area contributed by atoms with Gasteiger partial charge in [-0.15, -0.1) is 0 Å². The van der Waals surface area contributed by atoms with E-state index in [1.807, 2.05) is 12.1 Å². The third-order valence-corrected chi connectivity index (χ3v) is 13.1. The molecule has 0 radical (unpaired) electrons. The zero-order valence-corrected chi connectivity index (χ0v) is 26.5. The Labute approximate surface area is 262 Å². The normalized spacial score (nSPS) is 36.1. The van der Waals surface area contributed by atoms with E-state index < -0.39 is 0 Å². The molecule has 8 aliphatic rings. The van der Waals surface area contributed by atoms with E-state index in [2.05, 4.69) is 50.2 Å². The van der Waals surface area contributed by atoms with Gasteiger partial charge in [0.15, 0.2) is 11.5 Å². The highest BCUT2D eigenvalue weighted by atomic mass is 16.5. The molecule has 0 unspecified atom stereocenters. The van der Waals surface area contributed by atoms with Crippen molar-refractivity contribution in [3.8, 4) is 23.0 Å². The van der Waals surface area contributed by atoms with Crippen LogP contribution in [0.4, 0.5) is 11.4 Å². The molecular weight excluding hydrogens is 540 g/mol. The number of nitrogen functional groups attached to an aromatic ring is 2. The Morgan fingerprint density at radius 2 is 0.795 bits per heavy atom. The minimum absolute atomic E-state index is 0.138. The standard InChI is InChI=1S/C40H48N2O2/c1-23-3-5-33(41)37(7-23)43-35-15-32(40-20-28-12-29(21-40)14-30(13-28)22-40)36(44-38-8-24(2)4-6-34(38)42)16-31(35)39-17-25-9-26(18-39)11-27(10-25)19-39/h3-8,15-16,25-30H,9-14,17-22,41-42H2,1-2H3. The molecule has 11 rings (SSSR count). The molecule has 230 valence electrons. The van der Waals surface area contributed by atoms with E-state index in [9.17, 15) is 0 Å². The summed E-state index contributed by atoms with van der Waals surface area (Å²) in [5.74, 6) is 8.61. The van der Waals surface area contributed by atoms with Crippen molar-refractivity contribution in [1.29, 1.82) is 0 Å². The highest BCUT2D eigenvalue weighted by molar-refractivity contribution is 5.62. The number of rotatable bonds is 6. The first-order valence-corrected chi connectivity index (χ1v) is 17.5. The zero-order valence-electron chi connectivity index (χ0n) is 26.5. The van der Waals surface area contributed by atoms with Crippen LogP contribution in [-0.4, -0.2) is 0 Å². The number of nitrogens with two attached hydrogens (primary N) is 2. The highest BCUT2D eigenvalue weighted by Gasteiger charge is 2.55. The Morgan fingerprint density at radius 3 is 1.11 bits per heavy atom. The molecule has 0 amide bonds. The molecule has 0 aliphatic heterocycles. The smallest absolute Gasteiger partial charge is 0.150 e. The lowest BCUT2D eigenvalue weighted by Crippen LogP contribution is -2.49. The maximum absolute atomic E-state index is 7.06. The molecule has 8 bridgehead atoms. The van der Waals surface area contributed by atoms with Crippen molar-refractivity contribution in [2.45, 2.75) is 102 Å². The quantitative estimate of drug-likeness (QED) is 0.281. The van der Waals surface area contributed by atoms with E-state index in [1.165, 1.54) is 99.3 Å². The number of benzene rings is 3. The van der Waals surface area contributed by atoms with E-state index in [0.29, 0.717) is 11.4 Å². The highest BCUT2D eigenvalue weighted by Crippen LogP contribution is 2.66. The van der Waals surface area contributed by atoms with Crippen LogP contribution in [0.2, 0.25) is 0 Å². The maximum Gasteiger partial charge on any atom is 0.150 e. The third-order valence-electron chi connectivity index (χ3n) is 13.1. The first-order valence-electron chi connectivity index (χ1n) is 17.5. The van der Waals surface area contributed by atoms with E-state index in [4.69, 9.17) is 20.9 Å². The van der Waals surface area contributed by atoms with Crippen LogP contribution in [0.25, 0.3) is 0 Å². The molecule has 4 N–H and O–H groups in total. The molecule has 8 saturated carbocycles. The van der Waals surface area contributed by atoms with Crippen LogP contribution in [0.15, 0.2) is 48.5 Å². The van der Waals surface area contributed by atoms with E-state index in [-0.39, 0.29) is 10.8 Å². The average molecular weight is 589 g/mol. The molecule has 8 fully saturated rings. The van der Waals surface area contributed by atoms with Crippen molar-refractivity contribution < 1.29 is 9.47 Å². The van der Waals surface area contributed by atoms with Crippen molar-refractivity contribution >= 4 is 11.4 Å². The van der Waals surface area contributed by atoms with Crippen molar-refractivity contribution in [2.75, 3.05) is 11.5 Å². The molecule has 3 aromatic carbocycles. The monoisotopic (exact) mass is 588 g/mol. The van der Waals surface area contributed by atoms with Gasteiger partial charge in [-0.25, -0.2) is 0 Å². The number of hydrogen-bond acceptors (Lipinski definition) is 4. The Bertz CT molecular complexity index is 1450. The minimum Gasteiger partial charge on any atom is -0.455 e. The van der Waals surface area contributed by atoms with Crippen LogP contribution < -0.4 is 20.9 Å². The molecule has 3 aromatic rings. The van der Waals surface area contributed by atoms with Crippen molar-refractivity contribution in [2.24, 2.45) is 35.5 Å². The van der Waals surface area contributed by atoms with Gasteiger partial charge in [0.2, 0.25) is 0 Å². The van der Waals surface area contributed by atoms with Gasteiger partial charge >= 0.3 is 0 Å². The van der Waals surface area contributed by atoms with Gasteiger partial charge in [-0.1, -0.05) is 12.1 Å². The molecule has 0 saturated heterocycles. The van der Waals surface area contributed by atoms with Crippen molar-refractivity contribution in [1.82, 2.24) is 0 Å². The third kappa shape index (κ3) is 4.37. The SMILES string of the molecule is Cc1ccc(N)c(Oc2cc(C34CC5CC(CC(C5)C3)C4)c(Oc3cc(C)ccc3N)cc2C23CC4CC(CC(C4)C2)C3)c1. The second kappa shape index (κ2) is 9.68. The number of ether oxygens (including phenoxy) is 2. The van der Waals surface area contributed by atoms with Gasteiger partial charge in [0.1, 0.15) is 11.5 Å².